The van der Waals surface area contributed by atoms with E-state index in [2.05, 4.69) is 21.8 Å². The molecular formula is C33H37N3O5. The largest absolute Gasteiger partial charge is 0.493 e. The molecule has 0 saturated carbocycles. The van der Waals surface area contributed by atoms with Crippen molar-refractivity contribution in [2.24, 2.45) is 0 Å². The highest BCUT2D eigenvalue weighted by molar-refractivity contribution is 6.11. The van der Waals surface area contributed by atoms with Gasteiger partial charge in [-0.05, 0) is 57.7 Å². The zero-order valence-electron chi connectivity index (χ0n) is 23.9. The molecule has 1 aromatic heterocycles. The fourth-order valence-corrected chi connectivity index (χ4v) is 5.08. The van der Waals surface area contributed by atoms with Gasteiger partial charge in [0.1, 0.15) is 24.2 Å². The normalized spacial score (nSPS) is 15.3. The van der Waals surface area contributed by atoms with Gasteiger partial charge in [-0.15, -0.1) is 0 Å². The van der Waals surface area contributed by atoms with Crippen LogP contribution in [0.3, 0.4) is 0 Å². The molecule has 1 atom stereocenters. The number of aromatic nitrogens is 1. The number of rotatable bonds is 10. The predicted octanol–water partition coefficient (Wildman–Crippen LogP) is 4.95. The van der Waals surface area contributed by atoms with Crippen molar-refractivity contribution in [1.29, 1.82) is 0 Å². The van der Waals surface area contributed by atoms with Crippen LogP contribution in [0.25, 0.3) is 10.9 Å². The van der Waals surface area contributed by atoms with Gasteiger partial charge in [0.2, 0.25) is 0 Å². The summed E-state index contributed by atoms with van der Waals surface area (Å²) in [5, 5.41) is 11.4. The van der Waals surface area contributed by atoms with Gasteiger partial charge in [-0.2, -0.15) is 0 Å². The molecule has 1 aliphatic heterocycles. The Morgan fingerprint density at radius 2 is 1.78 bits per heavy atom. The second-order valence-corrected chi connectivity index (χ2v) is 10.5. The third-order valence-corrected chi connectivity index (χ3v) is 7.33. The Morgan fingerprint density at radius 1 is 0.951 bits per heavy atom. The highest BCUT2D eigenvalue weighted by Gasteiger charge is 2.20. The van der Waals surface area contributed by atoms with Crippen LogP contribution >= 0.6 is 0 Å². The zero-order valence-corrected chi connectivity index (χ0v) is 23.9. The van der Waals surface area contributed by atoms with Crippen molar-refractivity contribution in [3.05, 3.63) is 89.6 Å². The zero-order chi connectivity index (χ0) is 28.8. The number of aliphatic hydroxyl groups excluding tert-OH is 1. The summed E-state index contributed by atoms with van der Waals surface area (Å²) in [6, 6.07) is 20.1. The molecule has 1 saturated heterocycles. The molecule has 214 valence electrons. The molecule has 0 bridgehead atoms. The van der Waals surface area contributed by atoms with Crippen molar-refractivity contribution in [2.45, 2.75) is 19.4 Å². The smallest absolute Gasteiger partial charge is 0.196 e. The van der Waals surface area contributed by atoms with Crippen LogP contribution < -0.4 is 14.2 Å². The van der Waals surface area contributed by atoms with Crippen molar-refractivity contribution in [3.8, 4) is 23.0 Å². The maximum Gasteiger partial charge on any atom is 0.196 e. The highest BCUT2D eigenvalue weighted by Crippen LogP contribution is 2.38. The third kappa shape index (κ3) is 7.03. The van der Waals surface area contributed by atoms with Crippen molar-refractivity contribution < 1.29 is 24.1 Å². The maximum absolute atomic E-state index is 13.3. The number of fused-ring (bicyclic) bond motifs is 1. The summed E-state index contributed by atoms with van der Waals surface area (Å²) >= 11 is 0. The van der Waals surface area contributed by atoms with Crippen LogP contribution in [0.1, 0.15) is 27.9 Å². The molecular weight excluding hydrogens is 518 g/mol. The summed E-state index contributed by atoms with van der Waals surface area (Å²) < 4.78 is 18.0. The van der Waals surface area contributed by atoms with Crippen LogP contribution in [-0.4, -0.2) is 85.3 Å². The second kappa shape index (κ2) is 13.1. The molecule has 0 radical (unpaired) electrons. The topological polar surface area (TPSA) is 84.4 Å². The van der Waals surface area contributed by atoms with Crippen LogP contribution in [0.4, 0.5) is 0 Å². The van der Waals surface area contributed by atoms with Gasteiger partial charge in [0.25, 0.3) is 0 Å². The number of aliphatic hydroxyl groups is 1. The molecule has 0 aliphatic carbocycles. The molecule has 2 heterocycles. The van der Waals surface area contributed by atoms with Gasteiger partial charge < -0.3 is 24.2 Å². The van der Waals surface area contributed by atoms with Gasteiger partial charge in [-0.3, -0.25) is 14.7 Å². The van der Waals surface area contributed by atoms with Gasteiger partial charge in [0, 0.05) is 42.8 Å². The molecule has 5 rings (SSSR count). The first-order valence-electron chi connectivity index (χ1n) is 14.0. The fourth-order valence-electron chi connectivity index (χ4n) is 5.08. The number of methoxy groups -OCH3 is 1. The lowest BCUT2D eigenvalue weighted by Gasteiger charge is -2.23. The van der Waals surface area contributed by atoms with Crippen LogP contribution in [-0.2, 0) is 0 Å². The summed E-state index contributed by atoms with van der Waals surface area (Å²) in [5.74, 6) is 1.88. The Morgan fingerprint density at radius 3 is 2.59 bits per heavy atom. The van der Waals surface area contributed by atoms with Gasteiger partial charge >= 0.3 is 0 Å². The fraction of sp³-hybridized carbons (Fsp3) is 0.333. The lowest BCUT2D eigenvalue weighted by atomic mass is 10.0. The minimum Gasteiger partial charge on any atom is -0.493 e. The Labute approximate surface area is 241 Å². The first-order valence-corrected chi connectivity index (χ1v) is 14.0. The quantitative estimate of drug-likeness (QED) is 0.275. The van der Waals surface area contributed by atoms with E-state index in [0.29, 0.717) is 51.6 Å². The number of hydrogen-bond donors (Lipinski definition) is 1. The van der Waals surface area contributed by atoms with E-state index >= 15 is 0 Å². The summed E-state index contributed by atoms with van der Waals surface area (Å²) in [4.78, 5) is 22.5. The molecule has 8 nitrogen and oxygen atoms in total. The molecule has 0 amide bonds. The van der Waals surface area contributed by atoms with Crippen LogP contribution in [0.15, 0.2) is 72.9 Å². The van der Waals surface area contributed by atoms with Crippen molar-refractivity contribution in [3.63, 3.8) is 0 Å². The van der Waals surface area contributed by atoms with Crippen LogP contribution in [0, 0.1) is 6.92 Å². The van der Waals surface area contributed by atoms with Crippen LogP contribution in [0.2, 0.25) is 0 Å². The highest BCUT2D eigenvalue weighted by atomic mass is 16.5. The van der Waals surface area contributed by atoms with E-state index in [-0.39, 0.29) is 12.4 Å². The van der Waals surface area contributed by atoms with Gasteiger partial charge in [-0.1, -0.05) is 42.0 Å². The van der Waals surface area contributed by atoms with Gasteiger partial charge in [-0.25, -0.2) is 0 Å². The van der Waals surface area contributed by atoms with E-state index in [0.717, 1.165) is 38.2 Å². The molecule has 3 aromatic carbocycles. The number of carbonyl (C=O) groups is 1. The SMILES string of the molecule is COc1cc2c(Oc3ccc(C)cc3C(=O)c3ccccc3)ccnc2cc1OCC(O)CN1CCCN(C)CC1. The number of β-amino-alcohol motifs (C(OH)–C–C–N with tert-alkyl or cyclic N) is 1. The third-order valence-electron chi connectivity index (χ3n) is 7.33. The first kappa shape index (κ1) is 28.5. The minimum atomic E-state index is -0.636. The van der Waals surface area contributed by atoms with Crippen molar-refractivity contribution >= 4 is 16.7 Å². The number of nitrogens with zero attached hydrogens (tertiary/aromatic N) is 3. The minimum absolute atomic E-state index is 0.110. The number of likely N-dealkylation sites (N-methyl/N-ethyl adjacent to an activating group) is 1. The summed E-state index contributed by atoms with van der Waals surface area (Å²) in [6.45, 7) is 6.60. The van der Waals surface area contributed by atoms with Crippen molar-refractivity contribution in [2.75, 3.05) is 53.5 Å². The molecule has 1 fully saturated rings. The number of ketones is 1. The molecule has 41 heavy (non-hydrogen) atoms. The van der Waals surface area contributed by atoms with E-state index in [1.165, 1.54) is 0 Å². The molecule has 4 aromatic rings. The Balaban J connectivity index is 1.35. The summed E-state index contributed by atoms with van der Waals surface area (Å²) in [6.07, 6.45) is 2.11. The molecule has 1 unspecified atom stereocenters. The summed E-state index contributed by atoms with van der Waals surface area (Å²) in [7, 11) is 3.70. The number of pyridine rings is 1. The lowest BCUT2D eigenvalue weighted by Crippen LogP contribution is -2.37. The maximum atomic E-state index is 13.3. The standard InChI is InChI=1S/C33H37N3O5/c1-23-10-11-29(27(18-23)33(38)24-8-5-4-6-9-24)41-30-12-13-34-28-20-32(31(39-3)19-26(28)30)40-22-25(37)21-36-15-7-14-35(2)16-17-36/h4-6,8-13,18-20,25,37H,7,14-17,21-22H2,1-3H3. The first-order chi connectivity index (χ1) is 19.9. The Bertz CT molecular complexity index is 1490. The molecule has 0 spiro atoms. The molecule has 1 N–H and O–H groups in total. The molecule has 8 heteroatoms. The van der Waals surface area contributed by atoms with Crippen LogP contribution in [0.5, 0.6) is 23.0 Å². The average molecular weight is 556 g/mol. The summed E-state index contributed by atoms with van der Waals surface area (Å²) in [5.41, 5.74) is 2.69. The van der Waals surface area contributed by atoms with E-state index in [4.69, 9.17) is 14.2 Å². The average Bonchev–Trinajstić information content (AvgIpc) is 3.20. The lowest BCUT2D eigenvalue weighted by molar-refractivity contribution is 0.0686. The van der Waals surface area contributed by atoms with E-state index in [1.54, 1.807) is 37.6 Å². The van der Waals surface area contributed by atoms with Gasteiger partial charge in [0.15, 0.2) is 17.3 Å². The Hall–Kier alpha value is -3.98. The van der Waals surface area contributed by atoms with Gasteiger partial charge in [0.05, 0.1) is 18.2 Å². The number of ether oxygens (including phenoxy) is 3. The number of benzene rings is 3. The van der Waals surface area contributed by atoms with E-state index in [1.807, 2.05) is 49.4 Å². The second-order valence-electron chi connectivity index (χ2n) is 10.5. The predicted molar refractivity (Wildman–Crippen MR) is 159 cm³/mol. The molecule has 1 aliphatic rings. The Kier molecular flexibility index (Phi) is 9.14. The van der Waals surface area contributed by atoms with E-state index in [9.17, 15) is 9.90 Å². The van der Waals surface area contributed by atoms with E-state index < -0.39 is 6.10 Å². The number of hydrogen-bond acceptors (Lipinski definition) is 8. The number of carbonyl (C=O) groups excluding carboxylic acids is 1. The van der Waals surface area contributed by atoms with Crippen molar-refractivity contribution in [1.82, 2.24) is 14.8 Å². The number of aryl methyl sites for hydroxylation is 1. The monoisotopic (exact) mass is 555 g/mol.